The van der Waals surface area contributed by atoms with Crippen LogP contribution in [0.5, 0.6) is 0 Å². The maximum Gasteiger partial charge on any atom is 0.328 e. The average Bonchev–Trinajstić information content (AvgIpc) is 2.37. The quantitative estimate of drug-likeness (QED) is 0.602. The second kappa shape index (κ2) is 6.10. The number of rotatable bonds is 6. The number of sulfone groups is 1. The summed E-state index contributed by atoms with van der Waals surface area (Å²) in [5, 5.41) is 22.2. The van der Waals surface area contributed by atoms with Gasteiger partial charge in [-0.3, -0.25) is 10.1 Å². The summed E-state index contributed by atoms with van der Waals surface area (Å²) in [7, 11) is -3.16. The molecule has 1 heterocycles. The van der Waals surface area contributed by atoms with Crippen molar-refractivity contribution >= 4 is 21.3 Å². The number of nitro groups is 1. The Kier molecular flexibility index (Phi) is 4.77. The number of pyridine rings is 1. The second-order valence-electron chi connectivity index (χ2n) is 3.59. The summed E-state index contributed by atoms with van der Waals surface area (Å²) < 4.78 is 22.6. The maximum atomic E-state index is 11.3. The lowest BCUT2D eigenvalue weighted by Gasteiger charge is -2.06. The third kappa shape index (κ3) is 3.89. The molecule has 0 aliphatic rings. The minimum Gasteiger partial charge on any atom is -0.363 e. The zero-order chi connectivity index (χ0) is 14.5. The number of nitrogens with zero attached hydrogens (tertiary/aromatic N) is 3. The van der Waals surface area contributed by atoms with Crippen LogP contribution in [-0.4, -0.2) is 36.4 Å². The Morgan fingerprint density at radius 3 is 2.79 bits per heavy atom. The largest absolute Gasteiger partial charge is 0.363 e. The van der Waals surface area contributed by atoms with E-state index >= 15 is 0 Å². The maximum absolute atomic E-state index is 11.3. The first-order chi connectivity index (χ1) is 8.91. The summed E-state index contributed by atoms with van der Waals surface area (Å²) in [5.74, 6) is -0.253. The minimum atomic E-state index is -3.16. The molecule has 0 saturated carbocycles. The molecule has 19 heavy (non-hydrogen) atoms. The average molecular weight is 284 g/mol. The van der Waals surface area contributed by atoms with Crippen molar-refractivity contribution in [1.29, 1.82) is 5.26 Å². The summed E-state index contributed by atoms with van der Waals surface area (Å²) in [6.07, 6.45) is 1.25. The Labute approximate surface area is 110 Å². The monoisotopic (exact) mass is 284 g/mol. The van der Waals surface area contributed by atoms with E-state index in [0.29, 0.717) is 0 Å². The molecular weight excluding hydrogens is 272 g/mol. The van der Waals surface area contributed by atoms with Crippen molar-refractivity contribution in [3.63, 3.8) is 0 Å². The lowest BCUT2D eigenvalue weighted by molar-refractivity contribution is -0.384. The lowest BCUT2D eigenvalue weighted by atomic mass is 10.2. The van der Waals surface area contributed by atoms with Crippen LogP contribution in [0.25, 0.3) is 0 Å². The van der Waals surface area contributed by atoms with E-state index < -0.39 is 20.4 Å². The van der Waals surface area contributed by atoms with Gasteiger partial charge >= 0.3 is 5.69 Å². The highest BCUT2D eigenvalue weighted by molar-refractivity contribution is 7.91. The van der Waals surface area contributed by atoms with Crippen LogP contribution in [-0.2, 0) is 9.84 Å². The minimum absolute atomic E-state index is 0.00110. The number of hydrogen-bond acceptors (Lipinski definition) is 7. The first kappa shape index (κ1) is 14.8. The molecule has 8 nitrogen and oxygen atoms in total. The van der Waals surface area contributed by atoms with E-state index in [1.165, 1.54) is 19.2 Å². The number of nitriles is 1. The van der Waals surface area contributed by atoms with Gasteiger partial charge in [0.15, 0.2) is 9.84 Å². The number of hydrogen-bond donors (Lipinski definition) is 1. The topological polar surface area (TPSA) is 126 Å². The van der Waals surface area contributed by atoms with E-state index in [0.717, 1.165) is 0 Å². The van der Waals surface area contributed by atoms with Crippen molar-refractivity contribution in [2.45, 2.75) is 6.92 Å². The Balaban J connectivity index is 2.91. The molecule has 0 spiro atoms. The van der Waals surface area contributed by atoms with Crippen LogP contribution in [0.3, 0.4) is 0 Å². The predicted octanol–water partition coefficient (Wildman–Crippen LogP) is 0.708. The number of nitrogens with one attached hydrogen (secondary N) is 1. The molecule has 0 bridgehead atoms. The standard InChI is InChI=1S/C10H12N4O4S/c1-2-19(17,18)6-5-13-10-9(14(15)16)8(7-11)3-4-12-10/h3-4H,2,5-6H2,1H3,(H,12,13). The molecule has 1 N–H and O–H groups in total. The molecule has 1 aromatic heterocycles. The molecule has 0 aliphatic heterocycles. The van der Waals surface area contributed by atoms with E-state index in [-0.39, 0.29) is 29.4 Å². The Bertz CT molecular complexity index is 621. The van der Waals surface area contributed by atoms with Gasteiger partial charge in [0, 0.05) is 18.5 Å². The van der Waals surface area contributed by atoms with Gasteiger partial charge in [0.1, 0.15) is 11.6 Å². The molecule has 0 atom stereocenters. The smallest absolute Gasteiger partial charge is 0.328 e. The molecule has 0 fully saturated rings. The summed E-state index contributed by atoms with van der Waals surface area (Å²) in [6.45, 7) is 1.52. The zero-order valence-corrected chi connectivity index (χ0v) is 11.0. The summed E-state index contributed by atoms with van der Waals surface area (Å²) >= 11 is 0. The highest BCUT2D eigenvalue weighted by atomic mass is 32.2. The Hall–Kier alpha value is -2.21. The molecule has 0 saturated heterocycles. The molecular formula is C10H12N4O4S. The van der Waals surface area contributed by atoms with Crippen LogP contribution in [0.2, 0.25) is 0 Å². The second-order valence-corrected chi connectivity index (χ2v) is 6.06. The SMILES string of the molecule is CCS(=O)(=O)CCNc1nccc(C#N)c1[N+](=O)[O-]. The molecule has 102 valence electrons. The van der Waals surface area contributed by atoms with Gasteiger partial charge in [-0.2, -0.15) is 5.26 Å². The van der Waals surface area contributed by atoms with Gasteiger partial charge in [-0.1, -0.05) is 6.92 Å². The van der Waals surface area contributed by atoms with Gasteiger partial charge in [0.25, 0.3) is 0 Å². The predicted molar refractivity (Wildman–Crippen MR) is 68.4 cm³/mol. The van der Waals surface area contributed by atoms with Gasteiger partial charge in [-0.05, 0) is 6.07 Å². The van der Waals surface area contributed by atoms with Crippen molar-refractivity contribution in [2.24, 2.45) is 0 Å². The Morgan fingerprint density at radius 1 is 1.58 bits per heavy atom. The molecule has 9 heteroatoms. The lowest BCUT2D eigenvalue weighted by Crippen LogP contribution is -2.18. The first-order valence-electron chi connectivity index (χ1n) is 5.39. The van der Waals surface area contributed by atoms with Crippen LogP contribution in [0, 0.1) is 21.4 Å². The van der Waals surface area contributed by atoms with Crippen molar-refractivity contribution in [3.05, 3.63) is 27.9 Å². The third-order valence-electron chi connectivity index (χ3n) is 2.37. The molecule has 0 radical (unpaired) electrons. The third-order valence-corrected chi connectivity index (χ3v) is 4.08. The van der Waals surface area contributed by atoms with E-state index in [4.69, 9.17) is 5.26 Å². The molecule has 0 amide bonds. The fraction of sp³-hybridized carbons (Fsp3) is 0.400. The van der Waals surface area contributed by atoms with Crippen LogP contribution in [0.1, 0.15) is 12.5 Å². The molecule has 1 aromatic rings. The van der Waals surface area contributed by atoms with Gasteiger partial charge in [0.05, 0.1) is 10.7 Å². The number of anilines is 1. The van der Waals surface area contributed by atoms with Crippen LogP contribution >= 0.6 is 0 Å². The molecule has 1 rings (SSSR count). The normalized spacial score (nSPS) is 10.7. The van der Waals surface area contributed by atoms with Crippen molar-refractivity contribution in [3.8, 4) is 6.07 Å². The van der Waals surface area contributed by atoms with Crippen molar-refractivity contribution in [2.75, 3.05) is 23.4 Å². The van der Waals surface area contributed by atoms with E-state index in [9.17, 15) is 18.5 Å². The van der Waals surface area contributed by atoms with Gasteiger partial charge in [0.2, 0.25) is 5.82 Å². The fourth-order valence-electron chi connectivity index (χ4n) is 1.33. The summed E-state index contributed by atoms with van der Waals surface area (Å²) in [6, 6.07) is 2.92. The molecule has 0 aliphatic carbocycles. The number of aromatic nitrogens is 1. The highest BCUT2D eigenvalue weighted by Gasteiger charge is 2.21. The van der Waals surface area contributed by atoms with Crippen molar-refractivity contribution < 1.29 is 13.3 Å². The van der Waals surface area contributed by atoms with Crippen LogP contribution in [0.15, 0.2) is 12.3 Å². The van der Waals surface area contributed by atoms with Crippen molar-refractivity contribution in [1.82, 2.24) is 4.98 Å². The molecule has 0 aromatic carbocycles. The summed E-state index contributed by atoms with van der Waals surface area (Å²) in [4.78, 5) is 13.9. The summed E-state index contributed by atoms with van der Waals surface area (Å²) in [5.41, 5.74) is -0.570. The van der Waals surface area contributed by atoms with Crippen LogP contribution < -0.4 is 5.32 Å². The zero-order valence-electron chi connectivity index (χ0n) is 10.2. The van der Waals surface area contributed by atoms with Gasteiger partial charge in [-0.15, -0.1) is 0 Å². The van der Waals surface area contributed by atoms with Gasteiger partial charge in [-0.25, -0.2) is 13.4 Å². The Morgan fingerprint density at radius 2 is 2.26 bits per heavy atom. The van der Waals surface area contributed by atoms with E-state index in [2.05, 4.69) is 10.3 Å². The fourth-order valence-corrected chi connectivity index (χ4v) is 2.03. The van der Waals surface area contributed by atoms with E-state index in [1.807, 2.05) is 0 Å². The molecule has 0 unspecified atom stereocenters. The highest BCUT2D eigenvalue weighted by Crippen LogP contribution is 2.25. The van der Waals surface area contributed by atoms with Gasteiger partial charge < -0.3 is 5.32 Å². The van der Waals surface area contributed by atoms with Crippen LogP contribution in [0.4, 0.5) is 11.5 Å². The first-order valence-corrected chi connectivity index (χ1v) is 7.21. The van der Waals surface area contributed by atoms with E-state index in [1.54, 1.807) is 6.07 Å².